The molecule has 0 heterocycles. The number of hydrogen-bond donors (Lipinski definition) is 3. The molecule has 0 aliphatic rings. The fourth-order valence-corrected chi connectivity index (χ4v) is 8.11. The zero-order valence-electron chi connectivity index (χ0n) is 30.6. The SMILES string of the molecule is CCCCCCCCC=CCCCCCCCC(=O)[PH-](C(=O)CCCCCCCC=CCCCCCCCC)C(O)C(O)CO.[Na+]. The Morgan fingerprint density at radius 1 is 0.500 bits per heavy atom. The average molecular weight is 677 g/mol. The van der Waals surface area contributed by atoms with Gasteiger partial charge in [0.05, 0.1) is 0 Å². The van der Waals surface area contributed by atoms with E-state index < -0.39 is 26.5 Å². The Kier molecular flexibility index (Phi) is 39.8. The van der Waals surface area contributed by atoms with Crippen LogP contribution >= 0.6 is 7.92 Å². The summed E-state index contributed by atoms with van der Waals surface area (Å²) in [7, 11) is -2.48. The maximum Gasteiger partial charge on any atom is 1.00 e. The third-order valence-corrected chi connectivity index (χ3v) is 11.5. The fourth-order valence-electron chi connectivity index (χ4n) is 5.76. The van der Waals surface area contributed by atoms with Crippen LogP contribution in [0, 0.1) is 0 Å². The van der Waals surface area contributed by atoms with Gasteiger partial charge in [0, 0.05) is 0 Å². The molecule has 7 heteroatoms. The van der Waals surface area contributed by atoms with Gasteiger partial charge in [0.15, 0.2) is 0 Å². The molecule has 2 unspecified atom stereocenters. The summed E-state index contributed by atoms with van der Waals surface area (Å²) in [6.07, 6.45) is 39.0. The van der Waals surface area contributed by atoms with Crippen molar-refractivity contribution in [2.45, 2.75) is 206 Å². The monoisotopic (exact) mass is 677 g/mol. The summed E-state index contributed by atoms with van der Waals surface area (Å²) in [5.74, 6) is -1.44. The van der Waals surface area contributed by atoms with Gasteiger partial charge in [-0.1, -0.05) is 78.1 Å². The van der Waals surface area contributed by atoms with Crippen LogP contribution in [-0.4, -0.2) is 44.9 Å². The topological polar surface area (TPSA) is 94.8 Å². The van der Waals surface area contributed by atoms with Gasteiger partial charge in [-0.2, -0.15) is 0 Å². The number of unbranched alkanes of at least 4 members (excludes halogenated alkanes) is 22. The molecule has 0 aliphatic carbocycles. The van der Waals surface area contributed by atoms with Crippen LogP contribution in [0.2, 0.25) is 0 Å². The van der Waals surface area contributed by atoms with Crippen LogP contribution < -0.4 is 29.6 Å². The molecule has 0 aliphatic heterocycles. The summed E-state index contributed by atoms with van der Waals surface area (Å²) in [6, 6.07) is 0. The minimum Gasteiger partial charge on any atom is 1.00 e. The van der Waals surface area contributed by atoms with Gasteiger partial charge in [-0.15, -0.1) is 0 Å². The molecule has 0 aromatic carbocycles. The summed E-state index contributed by atoms with van der Waals surface area (Å²) in [6.45, 7) is 3.86. The molecule has 0 fully saturated rings. The van der Waals surface area contributed by atoms with E-state index in [1.165, 1.54) is 89.9 Å². The Morgan fingerprint density at radius 3 is 1.09 bits per heavy atom. The van der Waals surface area contributed by atoms with Crippen molar-refractivity contribution in [3.05, 3.63) is 24.3 Å². The predicted octanol–water partition coefficient (Wildman–Crippen LogP) is 8.00. The molecular weight excluding hydrogens is 602 g/mol. The van der Waals surface area contributed by atoms with Gasteiger partial charge in [-0.3, -0.25) is 0 Å². The number of rotatable bonds is 35. The second kappa shape index (κ2) is 37.9. The normalized spacial score (nSPS) is 14.1. The van der Waals surface area contributed by atoms with E-state index in [-0.39, 0.29) is 53.4 Å². The van der Waals surface area contributed by atoms with Gasteiger partial charge in [-0.25, -0.2) is 0 Å². The third kappa shape index (κ3) is 30.2. The van der Waals surface area contributed by atoms with Crippen LogP contribution in [-0.2, 0) is 9.59 Å². The quantitative estimate of drug-likeness (QED) is 0.0274. The van der Waals surface area contributed by atoms with Gasteiger partial charge in [-0.05, 0) is 0 Å². The first-order valence-electron chi connectivity index (χ1n) is 19.2. The van der Waals surface area contributed by atoms with E-state index in [4.69, 9.17) is 0 Å². The number of aliphatic hydroxyl groups is 3. The van der Waals surface area contributed by atoms with Gasteiger partial charge in [0.2, 0.25) is 0 Å². The molecule has 3 N–H and O–H groups in total. The van der Waals surface area contributed by atoms with Crippen LogP contribution in [0.1, 0.15) is 194 Å². The standard InChI is InChI=1S/C39H74O5P.Na/c1-3-5-7-9-11-13-15-17-19-21-23-25-27-29-31-33-37(42)45(39(44)36(41)35-40)38(43)34-32-30-28-26-24-22-20-18-16-14-12-10-8-6-4-2;/h17-20,36,39-41,44-45H,3-16,21-35H2,1-2H3;/q-1;+1. The molecule has 0 amide bonds. The van der Waals surface area contributed by atoms with Gasteiger partial charge in [0.1, 0.15) is 0 Å². The van der Waals surface area contributed by atoms with Crippen molar-refractivity contribution in [2.24, 2.45) is 0 Å². The van der Waals surface area contributed by atoms with Crippen molar-refractivity contribution >= 4 is 19.0 Å². The minimum atomic E-state index is -2.48. The maximum absolute atomic E-state index is 13.0. The third-order valence-electron chi connectivity index (χ3n) is 8.78. The van der Waals surface area contributed by atoms with E-state index in [1.807, 2.05) is 0 Å². The largest absolute Gasteiger partial charge is 1.00 e. The summed E-state index contributed by atoms with van der Waals surface area (Å²) in [5, 5.41) is 29.9. The Labute approximate surface area is 308 Å². The molecular formula is C39H74NaO5P. The van der Waals surface area contributed by atoms with Crippen LogP contribution in [0.25, 0.3) is 0 Å². The first kappa shape index (κ1) is 48.2. The van der Waals surface area contributed by atoms with Crippen LogP contribution in [0.4, 0.5) is 0 Å². The zero-order chi connectivity index (χ0) is 33.2. The molecule has 46 heavy (non-hydrogen) atoms. The van der Waals surface area contributed by atoms with Gasteiger partial charge in [0.25, 0.3) is 0 Å². The van der Waals surface area contributed by atoms with E-state index >= 15 is 0 Å². The van der Waals surface area contributed by atoms with Crippen molar-refractivity contribution in [3.8, 4) is 0 Å². The Morgan fingerprint density at radius 2 is 0.783 bits per heavy atom. The zero-order valence-corrected chi connectivity index (χ0v) is 33.6. The molecule has 0 aromatic heterocycles. The maximum atomic E-state index is 13.0. The molecule has 0 aromatic rings. The van der Waals surface area contributed by atoms with Crippen molar-refractivity contribution in [3.63, 3.8) is 0 Å². The Bertz CT molecular complexity index is 677. The molecule has 0 saturated heterocycles. The second-order valence-electron chi connectivity index (χ2n) is 13.1. The number of carbonyl (C=O) groups is 2. The molecule has 266 valence electrons. The molecule has 2 atom stereocenters. The van der Waals surface area contributed by atoms with E-state index in [2.05, 4.69) is 38.2 Å². The molecule has 0 spiro atoms. The molecule has 5 nitrogen and oxygen atoms in total. The van der Waals surface area contributed by atoms with E-state index in [0.29, 0.717) is 12.8 Å². The van der Waals surface area contributed by atoms with Crippen molar-refractivity contribution in [1.82, 2.24) is 0 Å². The Balaban J connectivity index is 0. The summed E-state index contributed by atoms with van der Waals surface area (Å²) in [4.78, 5) is 26.0. The smallest absolute Gasteiger partial charge is 1.00 e. The number of aliphatic hydroxyl groups excluding tert-OH is 3. The van der Waals surface area contributed by atoms with Crippen molar-refractivity contribution in [2.75, 3.05) is 6.61 Å². The van der Waals surface area contributed by atoms with E-state index in [0.717, 1.165) is 64.2 Å². The summed E-state index contributed by atoms with van der Waals surface area (Å²) >= 11 is 0. The average Bonchev–Trinajstić information content (AvgIpc) is 3.04. The van der Waals surface area contributed by atoms with Crippen molar-refractivity contribution < 1.29 is 54.5 Å². The number of allylic oxidation sites excluding steroid dienone is 4. The molecule has 0 radical (unpaired) electrons. The van der Waals surface area contributed by atoms with Gasteiger partial charge >= 0.3 is 232 Å². The molecule has 0 bridgehead atoms. The number of carbonyl (C=O) groups excluding carboxylic acids is 2. The first-order valence-corrected chi connectivity index (χ1v) is 20.8. The number of hydrogen-bond acceptors (Lipinski definition) is 5. The Hall–Kier alpha value is 0.130. The molecule has 0 saturated carbocycles. The predicted molar refractivity (Wildman–Crippen MR) is 196 cm³/mol. The van der Waals surface area contributed by atoms with Crippen LogP contribution in [0.3, 0.4) is 0 Å². The fraction of sp³-hybridized carbons (Fsp3) is 0.846. The van der Waals surface area contributed by atoms with Crippen molar-refractivity contribution in [1.29, 1.82) is 0 Å². The van der Waals surface area contributed by atoms with Crippen LogP contribution in [0.15, 0.2) is 24.3 Å². The second-order valence-corrected chi connectivity index (χ2v) is 15.7. The first-order chi connectivity index (χ1) is 22.0. The van der Waals surface area contributed by atoms with E-state index in [9.17, 15) is 24.9 Å². The van der Waals surface area contributed by atoms with Crippen LogP contribution in [0.5, 0.6) is 0 Å². The van der Waals surface area contributed by atoms with Gasteiger partial charge < -0.3 is 0 Å². The summed E-state index contributed by atoms with van der Waals surface area (Å²) in [5.41, 5.74) is -0.397. The molecule has 0 rings (SSSR count). The summed E-state index contributed by atoms with van der Waals surface area (Å²) < 4.78 is 0. The minimum absolute atomic E-state index is 0. The van der Waals surface area contributed by atoms with E-state index in [1.54, 1.807) is 0 Å².